The van der Waals surface area contributed by atoms with Gasteiger partial charge < -0.3 is 10.6 Å². The summed E-state index contributed by atoms with van der Waals surface area (Å²) in [6.45, 7) is 7.32. The number of rotatable bonds is 6. The van der Waals surface area contributed by atoms with Gasteiger partial charge in [-0.1, -0.05) is 32.4 Å². The molecule has 0 spiro atoms. The highest BCUT2D eigenvalue weighted by Crippen LogP contribution is 2.27. The summed E-state index contributed by atoms with van der Waals surface area (Å²) in [6, 6.07) is 5.47. The van der Waals surface area contributed by atoms with E-state index in [1.807, 2.05) is 12.1 Å². The van der Waals surface area contributed by atoms with Gasteiger partial charge in [-0.05, 0) is 35.9 Å². The first-order valence-electron chi connectivity index (χ1n) is 6.68. The minimum absolute atomic E-state index is 0.00928. The first-order valence-corrected chi connectivity index (χ1v) is 8.05. The summed E-state index contributed by atoms with van der Waals surface area (Å²) in [5.41, 5.74) is 6.30. The number of thioether (sulfide) groups is 1. The van der Waals surface area contributed by atoms with Crippen molar-refractivity contribution in [2.24, 2.45) is 11.1 Å². The van der Waals surface area contributed by atoms with Gasteiger partial charge in [0.25, 0.3) is 5.91 Å². The molecular weight excluding hydrogens is 292 g/mol. The fourth-order valence-corrected chi connectivity index (χ4v) is 2.88. The topological polar surface area (TPSA) is 46.3 Å². The average molecular weight is 315 g/mol. The highest BCUT2D eigenvalue weighted by atomic mass is 35.5. The number of hydrogen-bond donors (Lipinski definition) is 1. The summed E-state index contributed by atoms with van der Waals surface area (Å²) < 4.78 is 0. The summed E-state index contributed by atoms with van der Waals surface area (Å²) in [5, 5.41) is 0.584. The van der Waals surface area contributed by atoms with Gasteiger partial charge in [-0.2, -0.15) is 0 Å². The maximum absolute atomic E-state index is 12.6. The molecule has 0 atom stereocenters. The normalized spacial score (nSPS) is 11.5. The Bertz CT molecular complexity index is 477. The summed E-state index contributed by atoms with van der Waals surface area (Å²) in [4.78, 5) is 15.3. The van der Waals surface area contributed by atoms with E-state index in [-0.39, 0.29) is 11.3 Å². The molecule has 112 valence electrons. The Kier molecular flexibility index (Phi) is 6.37. The lowest BCUT2D eigenvalue weighted by Crippen LogP contribution is -2.39. The van der Waals surface area contributed by atoms with E-state index in [9.17, 15) is 4.79 Å². The first-order chi connectivity index (χ1) is 9.30. The Morgan fingerprint density at radius 2 is 2.10 bits per heavy atom. The van der Waals surface area contributed by atoms with Gasteiger partial charge >= 0.3 is 0 Å². The zero-order valence-corrected chi connectivity index (χ0v) is 14.1. The molecule has 0 saturated heterocycles. The quantitative estimate of drug-likeness (QED) is 0.817. The molecule has 0 saturated carbocycles. The molecular formula is C15H23ClN2OS. The molecule has 0 aliphatic rings. The molecule has 0 bridgehead atoms. The van der Waals surface area contributed by atoms with E-state index < -0.39 is 0 Å². The minimum Gasteiger partial charge on any atom is -0.341 e. The van der Waals surface area contributed by atoms with Crippen molar-refractivity contribution in [3.63, 3.8) is 0 Å². The van der Waals surface area contributed by atoms with Crippen LogP contribution in [0, 0.1) is 5.41 Å². The van der Waals surface area contributed by atoms with E-state index >= 15 is 0 Å². The summed E-state index contributed by atoms with van der Waals surface area (Å²) in [5.74, 6) is 0.907. The molecule has 0 radical (unpaired) electrons. The predicted octanol–water partition coefficient (Wildman–Crippen LogP) is 3.51. The van der Waals surface area contributed by atoms with Crippen LogP contribution >= 0.6 is 23.4 Å². The number of benzene rings is 1. The number of halogens is 1. The summed E-state index contributed by atoms with van der Waals surface area (Å²) in [6.07, 6.45) is 0. The highest BCUT2D eigenvalue weighted by molar-refractivity contribution is 7.99. The van der Waals surface area contributed by atoms with Crippen molar-refractivity contribution in [3.8, 4) is 0 Å². The number of carbonyl (C=O) groups excluding carboxylic acids is 1. The molecule has 0 aliphatic carbocycles. The van der Waals surface area contributed by atoms with E-state index in [2.05, 4.69) is 20.8 Å². The van der Waals surface area contributed by atoms with Gasteiger partial charge in [0.15, 0.2) is 0 Å². The van der Waals surface area contributed by atoms with Crippen LogP contribution in [0.15, 0.2) is 23.1 Å². The van der Waals surface area contributed by atoms with Gasteiger partial charge in [-0.3, -0.25) is 4.79 Å². The van der Waals surface area contributed by atoms with Crippen LogP contribution in [0.3, 0.4) is 0 Å². The molecule has 0 unspecified atom stereocenters. The largest absolute Gasteiger partial charge is 0.341 e. The van der Waals surface area contributed by atoms with Crippen molar-refractivity contribution in [1.29, 1.82) is 0 Å². The fourth-order valence-electron chi connectivity index (χ4n) is 1.93. The third-order valence-electron chi connectivity index (χ3n) is 3.04. The van der Waals surface area contributed by atoms with Crippen molar-refractivity contribution < 1.29 is 4.79 Å². The van der Waals surface area contributed by atoms with Crippen LogP contribution in [-0.4, -0.2) is 36.7 Å². The smallest absolute Gasteiger partial charge is 0.254 e. The minimum atomic E-state index is -0.0962. The lowest BCUT2D eigenvalue weighted by molar-refractivity contribution is 0.0737. The van der Waals surface area contributed by atoms with Crippen LogP contribution in [0.5, 0.6) is 0 Å². The molecule has 2 N–H and O–H groups in total. The molecule has 1 rings (SSSR count). The molecule has 0 heterocycles. The molecule has 1 aromatic rings. The maximum Gasteiger partial charge on any atom is 0.254 e. The third-order valence-corrected chi connectivity index (χ3v) is 4.23. The van der Waals surface area contributed by atoms with Gasteiger partial charge in [0.2, 0.25) is 0 Å². The molecule has 1 aromatic carbocycles. The van der Waals surface area contributed by atoms with Gasteiger partial charge in [0.1, 0.15) is 0 Å². The Balaban J connectivity index is 2.98. The van der Waals surface area contributed by atoms with Crippen molar-refractivity contribution in [2.75, 3.05) is 25.9 Å². The van der Waals surface area contributed by atoms with Gasteiger partial charge in [-0.15, -0.1) is 11.8 Å². The molecule has 0 fully saturated rings. The molecule has 20 heavy (non-hydrogen) atoms. The van der Waals surface area contributed by atoms with Gasteiger partial charge in [0.05, 0.1) is 5.56 Å². The second kappa shape index (κ2) is 7.34. The second-order valence-electron chi connectivity index (χ2n) is 5.60. The lowest BCUT2D eigenvalue weighted by atomic mass is 9.93. The zero-order chi connectivity index (χ0) is 15.3. The predicted molar refractivity (Wildman–Crippen MR) is 87.6 cm³/mol. The van der Waals surface area contributed by atoms with Crippen LogP contribution < -0.4 is 5.73 Å². The van der Waals surface area contributed by atoms with Crippen molar-refractivity contribution in [3.05, 3.63) is 28.8 Å². The SMILES string of the molecule is CCSc1ccc(Cl)cc1C(=O)N(C)CC(C)(C)CN. The van der Waals surface area contributed by atoms with Crippen LogP contribution in [0.25, 0.3) is 0 Å². The number of nitrogens with two attached hydrogens (primary N) is 1. The monoisotopic (exact) mass is 314 g/mol. The van der Waals surface area contributed by atoms with Crippen LogP contribution in [0.2, 0.25) is 5.02 Å². The first kappa shape index (κ1) is 17.3. The van der Waals surface area contributed by atoms with Crippen molar-refractivity contribution >= 4 is 29.3 Å². The Hall–Kier alpha value is -0.710. The van der Waals surface area contributed by atoms with E-state index in [1.54, 1.807) is 29.8 Å². The van der Waals surface area contributed by atoms with E-state index in [0.717, 1.165) is 10.6 Å². The van der Waals surface area contributed by atoms with Crippen molar-refractivity contribution in [2.45, 2.75) is 25.7 Å². The second-order valence-corrected chi connectivity index (χ2v) is 7.35. The van der Waals surface area contributed by atoms with Crippen LogP contribution in [-0.2, 0) is 0 Å². The summed E-state index contributed by atoms with van der Waals surface area (Å²) >= 11 is 7.68. The fraction of sp³-hybridized carbons (Fsp3) is 0.533. The third kappa shape index (κ3) is 4.69. The average Bonchev–Trinajstić information content (AvgIpc) is 2.39. The highest BCUT2D eigenvalue weighted by Gasteiger charge is 2.23. The van der Waals surface area contributed by atoms with E-state index in [1.165, 1.54) is 0 Å². The molecule has 3 nitrogen and oxygen atoms in total. The Labute approximate surface area is 130 Å². The number of nitrogens with zero attached hydrogens (tertiary/aromatic N) is 1. The molecule has 0 aromatic heterocycles. The lowest BCUT2D eigenvalue weighted by Gasteiger charge is -2.29. The maximum atomic E-state index is 12.6. The summed E-state index contributed by atoms with van der Waals surface area (Å²) in [7, 11) is 1.81. The number of amides is 1. The van der Waals surface area contributed by atoms with E-state index in [0.29, 0.717) is 23.7 Å². The Morgan fingerprint density at radius 3 is 2.65 bits per heavy atom. The van der Waals surface area contributed by atoms with Crippen LogP contribution in [0.1, 0.15) is 31.1 Å². The van der Waals surface area contributed by atoms with Crippen molar-refractivity contribution in [1.82, 2.24) is 4.90 Å². The Morgan fingerprint density at radius 1 is 1.45 bits per heavy atom. The van der Waals surface area contributed by atoms with E-state index in [4.69, 9.17) is 17.3 Å². The number of carbonyl (C=O) groups is 1. The molecule has 1 amide bonds. The molecule has 0 aliphatic heterocycles. The van der Waals surface area contributed by atoms with Crippen LogP contribution in [0.4, 0.5) is 0 Å². The van der Waals surface area contributed by atoms with Gasteiger partial charge in [0, 0.05) is 23.5 Å². The van der Waals surface area contributed by atoms with Gasteiger partial charge in [-0.25, -0.2) is 0 Å². The molecule has 5 heteroatoms. The number of hydrogen-bond acceptors (Lipinski definition) is 3. The zero-order valence-electron chi connectivity index (χ0n) is 12.6. The standard InChI is InChI=1S/C15H23ClN2OS/c1-5-20-13-7-6-11(16)8-12(13)14(19)18(4)10-15(2,3)9-17/h6-8H,5,9-10,17H2,1-4H3.